The zero-order chi connectivity index (χ0) is 21.8. The van der Waals surface area contributed by atoms with Crippen LogP contribution in [0.4, 0.5) is 8.78 Å². The van der Waals surface area contributed by atoms with Crippen LogP contribution >= 0.6 is 11.6 Å². The summed E-state index contributed by atoms with van der Waals surface area (Å²) in [5, 5.41) is 4.23. The van der Waals surface area contributed by atoms with Gasteiger partial charge in [0.25, 0.3) is 5.56 Å². The number of nitrogens with one attached hydrogen (secondary N) is 1. The molecule has 1 aromatic carbocycles. The fourth-order valence-electron chi connectivity index (χ4n) is 2.93. The highest BCUT2D eigenvalue weighted by Crippen LogP contribution is 2.20. The first-order valence-electron chi connectivity index (χ1n) is 9.59. The lowest BCUT2D eigenvalue weighted by Gasteiger charge is -2.04. The standard InChI is InChI=1S/C18H15ClF2N6O.C2H6/c1-2-6-27-17(28)14-16(25-18(27)19)24-15(23-14)11-7-22-26(9-11)8-10-4-3-5-12(20)13(10)21;1-2/h3-5,7,9H,2,6,8H2,1H3,(H,23,24);1-2H3. The largest absolute Gasteiger partial charge is 0.332 e. The molecule has 0 aliphatic carbocycles. The molecule has 7 nitrogen and oxygen atoms in total. The van der Waals surface area contributed by atoms with Crippen LogP contribution in [0.25, 0.3) is 22.6 Å². The molecule has 0 atom stereocenters. The Morgan fingerprint density at radius 2 is 1.97 bits per heavy atom. The van der Waals surface area contributed by atoms with Gasteiger partial charge in [0.15, 0.2) is 22.8 Å². The predicted molar refractivity (Wildman–Crippen MR) is 111 cm³/mol. The Bertz CT molecular complexity index is 1230. The second-order valence-electron chi connectivity index (χ2n) is 6.26. The molecule has 4 rings (SSSR count). The minimum atomic E-state index is -0.909. The highest BCUT2D eigenvalue weighted by molar-refractivity contribution is 6.28. The summed E-state index contributed by atoms with van der Waals surface area (Å²) in [7, 11) is 0. The van der Waals surface area contributed by atoms with Crippen LogP contribution in [0.3, 0.4) is 0 Å². The van der Waals surface area contributed by atoms with Gasteiger partial charge in [-0.3, -0.25) is 14.0 Å². The molecule has 30 heavy (non-hydrogen) atoms. The van der Waals surface area contributed by atoms with Crippen LogP contribution in [0.1, 0.15) is 32.8 Å². The van der Waals surface area contributed by atoms with Crippen LogP contribution in [0, 0.1) is 11.6 Å². The maximum Gasteiger partial charge on any atom is 0.280 e. The van der Waals surface area contributed by atoms with Gasteiger partial charge in [-0.15, -0.1) is 0 Å². The number of H-pyrrole nitrogens is 1. The zero-order valence-corrected chi connectivity index (χ0v) is 17.5. The van der Waals surface area contributed by atoms with Crippen molar-refractivity contribution in [3.8, 4) is 11.4 Å². The Balaban J connectivity index is 0.00000124. The molecule has 10 heteroatoms. The summed E-state index contributed by atoms with van der Waals surface area (Å²) in [4.78, 5) is 24.0. The molecule has 158 valence electrons. The number of rotatable bonds is 5. The molecular formula is C20H21ClF2N6O. The van der Waals surface area contributed by atoms with E-state index in [2.05, 4.69) is 20.1 Å². The maximum absolute atomic E-state index is 13.8. The topological polar surface area (TPSA) is 81.4 Å². The molecule has 0 aliphatic rings. The van der Waals surface area contributed by atoms with Crippen molar-refractivity contribution in [3.05, 3.63) is 63.4 Å². The van der Waals surface area contributed by atoms with E-state index in [4.69, 9.17) is 11.6 Å². The van der Waals surface area contributed by atoms with Gasteiger partial charge >= 0.3 is 0 Å². The summed E-state index contributed by atoms with van der Waals surface area (Å²) in [6.45, 7) is 6.43. The SMILES string of the molecule is CC.CCCn1c(Cl)nc2nc(-c3cnn(Cc4cccc(F)c4F)c3)[nH]c2c1=O. The number of hydrogen-bond donors (Lipinski definition) is 1. The molecule has 0 spiro atoms. The Morgan fingerprint density at radius 3 is 2.70 bits per heavy atom. The minimum absolute atomic E-state index is 0.0528. The van der Waals surface area contributed by atoms with Gasteiger partial charge in [0, 0.05) is 18.3 Å². The number of hydrogen-bond acceptors (Lipinski definition) is 4. The van der Waals surface area contributed by atoms with Crippen molar-refractivity contribution in [1.29, 1.82) is 0 Å². The predicted octanol–water partition coefficient (Wildman–Crippen LogP) is 4.40. The van der Waals surface area contributed by atoms with E-state index < -0.39 is 11.6 Å². The van der Waals surface area contributed by atoms with Crippen molar-refractivity contribution in [1.82, 2.24) is 29.3 Å². The fourth-order valence-corrected chi connectivity index (χ4v) is 3.17. The highest BCUT2D eigenvalue weighted by atomic mass is 35.5. The maximum atomic E-state index is 13.8. The number of fused-ring (bicyclic) bond motifs is 1. The van der Waals surface area contributed by atoms with Crippen molar-refractivity contribution < 1.29 is 8.78 Å². The van der Waals surface area contributed by atoms with Crippen LogP contribution < -0.4 is 5.56 Å². The lowest BCUT2D eigenvalue weighted by atomic mass is 10.2. The number of halogens is 3. The average molecular weight is 435 g/mol. The summed E-state index contributed by atoms with van der Waals surface area (Å²) in [6, 6.07) is 3.99. The second-order valence-corrected chi connectivity index (χ2v) is 6.60. The van der Waals surface area contributed by atoms with Gasteiger partial charge in [-0.25, -0.2) is 13.8 Å². The number of aromatic amines is 1. The first-order valence-corrected chi connectivity index (χ1v) is 9.97. The molecule has 0 saturated heterocycles. The van der Waals surface area contributed by atoms with Crippen molar-refractivity contribution in [2.75, 3.05) is 0 Å². The molecule has 0 unspecified atom stereocenters. The quantitative estimate of drug-likeness (QED) is 0.472. The van der Waals surface area contributed by atoms with E-state index in [0.29, 0.717) is 17.9 Å². The van der Waals surface area contributed by atoms with Gasteiger partial charge in [0.2, 0.25) is 5.28 Å². The summed E-state index contributed by atoms with van der Waals surface area (Å²) < 4.78 is 30.0. The molecule has 0 saturated carbocycles. The van der Waals surface area contributed by atoms with Crippen LogP contribution in [0.5, 0.6) is 0 Å². The van der Waals surface area contributed by atoms with Crippen LogP contribution in [-0.2, 0) is 13.1 Å². The molecular weight excluding hydrogens is 414 g/mol. The third-order valence-corrected chi connectivity index (χ3v) is 4.57. The fraction of sp³-hybridized carbons (Fsp3) is 0.300. The smallest absolute Gasteiger partial charge is 0.280 e. The van der Waals surface area contributed by atoms with Gasteiger partial charge in [-0.1, -0.05) is 32.9 Å². The normalized spacial score (nSPS) is 10.9. The molecule has 0 amide bonds. The van der Waals surface area contributed by atoms with E-state index in [1.807, 2.05) is 20.8 Å². The first kappa shape index (κ1) is 21.6. The van der Waals surface area contributed by atoms with Crippen LogP contribution in [0.2, 0.25) is 5.28 Å². The lowest BCUT2D eigenvalue weighted by Crippen LogP contribution is -2.22. The number of nitrogens with zero attached hydrogens (tertiary/aromatic N) is 5. The van der Waals surface area contributed by atoms with Crippen molar-refractivity contribution in [2.45, 2.75) is 40.3 Å². The molecule has 4 aromatic rings. The summed E-state index contributed by atoms with van der Waals surface area (Å²) in [5.41, 5.74) is 0.908. The van der Waals surface area contributed by atoms with E-state index in [1.54, 1.807) is 6.20 Å². The zero-order valence-electron chi connectivity index (χ0n) is 16.8. The second kappa shape index (κ2) is 9.17. The minimum Gasteiger partial charge on any atom is -0.332 e. The third kappa shape index (κ3) is 4.11. The van der Waals surface area contributed by atoms with Crippen molar-refractivity contribution >= 4 is 22.8 Å². The number of aromatic nitrogens is 6. The van der Waals surface area contributed by atoms with E-state index in [1.165, 1.54) is 27.6 Å². The van der Waals surface area contributed by atoms with E-state index in [0.717, 1.165) is 12.5 Å². The van der Waals surface area contributed by atoms with Crippen molar-refractivity contribution in [3.63, 3.8) is 0 Å². The van der Waals surface area contributed by atoms with Gasteiger partial charge in [0.05, 0.1) is 18.3 Å². The highest BCUT2D eigenvalue weighted by Gasteiger charge is 2.16. The van der Waals surface area contributed by atoms with E-state index in [9.17, 15) is 13.6 Å². The first-order chi connectivity index (χ1) is 14.5. The van der Waals surface area contributed by atoms with Crippen LogP contribution in [-0.4, -0.2) is 29.3 Å². The Hall–Kier alpha value is -3.07. The Labute approximate surface area is 176 Å². The Morgan fingerprint density at radius 1 is 1.20 bits per heavy atom. The summed E-state index contributed by atoms with van der Waals surface area (Å²) in [6.07, 6.45) is 3.87. The Kier molecular flexibility index (Phi) is 6.61. The van der Waals surface area contributed by atoms with Gasteiger partial charge in [0.1, 0.15) is 5.82 Å². The third-order valence-electron chi connectivity index (χ3n) is 4.28. The van der Waals surface area contributed by atoms with Crippen molar-refractivity contribution in [2.24, 2.45) is 0 Å². The van der Waals surface area contributed by atoms with Crippen LogP contribution in [0.15, 0.2) is 35.4 Å². The molecule has 1 N–H and O–H groups in total. The lowest BCUT2D eigenvalue weighted by molar-refractivity contribution is 0.492. The monoisotopic (exact) mass is 434 g/mol. The summed E-state index contributed by atoms with van der Waals surface area (Å²) >= 11 is 6.08. The molecule has 0 radical (unpaired) electrons. The number of imidazole rings is 1. The molecule has 0 bridgehead atoms. The van der Waals surface area contributed by atoms with Gasteiger partial charge in [-0.2, -0.15) is 10.1 Å². The molecule has 3 heterocycles. The molecule has 0 aliphatic heterocycles. The van der Waals surface area contributed by atoms with Gasteiger partial charge < -0.3 is 4.98 Å². The van der Waals surface area contributed by atoms with Gasteiger partial charge in [-0.05, 0) is 24.1 Å². The number of benzene rings is 1. The van der Waals surface area contributed by atoms with E-state index in [-0.39, 0.29) is 34.1 Å². The summed E-state index contributed by atoms with van der Waals surface area (Å²) in [5.74, 6) is -1.43. The molecule has 0 fully saturated rings. The molecule has 3 aromatic heterocycles. The average Bonchev–Trinajstić information content (AvgIpc) is 3.37. The van der Waals surface area contributed by atoms with E-state index >= 15 is 0 Å².